The number of anilines is 2. The Hall–Kier alpha value is -3.98. The highest BCUT2D eigenvalue weighted by molar-refractivity contribution is 7.99. The second-order valence-corrected chi connectivity index (χ2v) is 9.02. The van der Waals surface area contributed by atoms with E-state index in [1.54, 1.807) is 7.11 Å². The topological polar surface area (TPSA) is 81.5 Å². The van der Waals surface area contributed by atoms with Gasteiger partial charge in [0.1, 0.15) is 11.5 Å². The lowest BCUT2D eigenvalue weighted by molar-refractivity contribution is -0.113. The Bertz CT molecular complexity index is 1290. The van der Waals surface area contributed by atoms with Gasteiger partial charge in [0, 0.05) is 36.7 Å². The monoisotopic (exact) mass is 503 g/mol. The van der Waals surface area contributed by atoms with E-state index in [4.69, 9.17) is 9.47 Å². The van der Waals surface area contributed by atoms with Gasteiger partial charge in [0.2, 0.25) is 5.91 Å². The van der Waals surface area contributed by atoms with Crippen molar-refractivity contribution in [2.75, 3.05) is 43.8 Å². The molecule has 0 aliphatic heterocycles. The van der Waals surface area contributed by atoms with Crippen molar-refractivity contribution in [1.29, 1.82) is 0 Å². The SMILES string of the molecule is CCOc1ccc(-n2c(SCC(=O)Nc3ccc(N(C)C)cc3)nnc2-c2ccc(OC)cc2)cc1. The molecule has 0 saturated carbocycles. The number of thioether (sulfide) groups is 1. The minimum Gasteiger partial charge on any atom is -0.497 e. The highest BCUT2D eigenvalue weighted by atomic mass is 32.2. The summed E-state index contributed by atoms with van der Waals surface area (Å²) in [6.45, 7) is 2.54. The summed E-state index contributed by atoms with van der Waals surface area (Å²) in [5, 5.41) is 12.4. The lowest BCUT2D eigenvalue weighted by Crippen LogP contribution is -2.15. The summed E-state index contributed by atoms with van der Waals surface area (Å²) in [4.78, 5) is 14.7. The number of amides is 1. The number of rotatable bonds is 10. The number of methoxy groups -OCH3 is 1. The highest BCUT2D eigenvalue weighted by Crippen LogP contribution is 2.30. The van der Waals surface area contributed by atoms with E-state index >= 15 is 0 Å². The van der Waals surface area contributed by atoms with Crippen LogP contribution in [0.3, 0.4) is 0 Å². The molecule has 4 aromatic rings. The Morgan fingerprint density at radius 2 is 1.61 bits per heavy atom. The molecule has 0 saturated heterocycles. The maximum Gasteiger partial charge on any atom is 0.234 e. The van der Waals surface area contributed by atoms with Gasteiger partial charge in [-0.1, -0.05) is 11.8 Å². The molecule has 0 unspecified atom stereocenters. The summed E-state index contributed by atoms with van der Waals surface area (Å²) in [6.07, 6.45) is 0. The van der Waals surface area contributed by atoms with E-state index in [1.807, 2.05) is 103 Å². The first-order valence-electron chi connectivity index (χ1n) is 11.5. The molecule has 1 heterocycles. The molecule has 1 N–H and O–H groups in total. The van der Waals surface area contributed by atoms with E-state index in [9.17, 15) is 4.79 Å². The molecule has 8 nitrogen and oxygen atoms in total. The molecule has 1 aromatic heterocycles. The third kappa shape index (κ3) is 5.98. The summed E-state index contributed by atoms with van der Waals surface area (Å²) in [5.41, 5.74) is 3.57. The van der Waals surface area contributed by atoms with Gasteiger partial charge in [-0.3, -0.25) is 9.36 Å². The Labute approximate surface area is 215 Å². The van der Waals surface area contributed by atoms with Crippen LogP contribution < -0.4 is 19.7 Å². The molecule has 0 aliphatic rings. The zero-order chi connectivity index (χ0) is 25.5. The summed E-state index contributed by atoms with van der Waals surface area (Å²) in [7, 11) is 5.59. The molecule has 1 amide bonds. The lowest BCUT2D eigenvalue weighted by atomic mass is 10.2. The maximum absolute atomic E-state index is 12.7. The summed E-state index contributed by atoms with van der Waals surface area (Å²) in [5.74, 6) is 2.28. The molecule has 3 aromatic carbocycles. The Morgan fingerprint density at radius 1 is 0.944 bits per heavy atom. The molecule has 0 aliphatic carbocycles. The van der Waals surface area contributed by atoms with Crippen molar-refractivity contribution >= 4 is 29.0 Å². The Kier molecular flexibility index (Phi) is 8.12. The number of nitrogens with zero attached hydrogens (tertiary/aromatic N) is 4. The molecule has 9 heteroatoms. The fourth-order valence-corrected chi connectivity index (χ4v) is 4.30. The first-order chi connectivity index (χ1) is 17.5. The smallest absolute Gasteiger partial charge is 0.234 e. The number of hydrogen-bond acceptors (Lipinski definition) is 7. The van der Waals surface area contributed by atoms with Crippen LogP contribution >= 0.6 is 11.8 Å². The summed E-state index contributed by atoms with van der Waals surface area (Å²) < 4.78 is 12.8. The van der Waals surface area contributed by atoms with Gasteiger partial charge >= 0.3 is 0 Å². The van der Waals surface area contributed by atoms with Gasteiger partial charge < -0.3 is 19.7 Å². The summed E-state index contributed by atoms with van der Waals surface area (Å²) >= 11 is 1.33. The van der Waals surface area contributed by atoms with Crippen LogP contribution in [0, 0.1) is 0 Å². The van der Waals surface area contributed by atoms with Crippen LogP contribution in [0.1, 0.15) is 6.92 Å². The van der Waals surface area contributed by atoms with E-state index in [0.717, 1.165) is 34.1 Å². The van der Waals surface area contributed by atoms with Crippen LogP contribution in [0.15, 0.2) is 78.0 Å². The van der Waals surface area contributed by atoms with Gasteiger partial charge in [0.05, 0.1) is 19.5 Å². The zero-order valence-electron chi connectivity index (χ0n) is 20.8. The predicted molar refractivity (Wildman–Crippen MR) is 145 cm³/mol. The van der Waals surface area contributed by atoms with Crippen molar-refractivity contribution in [1.82, 2.24) is 14.8 Å². The van der Waals surface area contributed by atoms with Crippen molar-refractivity contribution < 1.29 is 14.3 Å². The van der Waals surface area contributed by atoms with Crippen LogP contribution in [-0.4, -0.2) is 54.2 Å². The second kappa shape index (κ2) is 11.6. The minimum atomic E-state index is -0.121. The number of carbonyl (C=O) groups is 1. The van der Waals surface area contributed by atoms with Crippen LogP contribution in [0.25, 0.3) is 17.1 Å². The second-order valence-electron chi connectivity index (χ2n) is 8.08. The predicted octanol–water partition coefficient (Wildman–Crippen LogP) is 5.14. The van der Waals surface area contributed by atoms with Gasteiger partial charge in [0.25, 0.3) is 0 Å². The van der Waals surface area contributed by atoms with Gasteiger partial charge in [-0.25, -0.2) is 0 Å². The van der Waals surface area contributed by atoms with Gasteiger partial charge in [-0.2, -0.15) is 0 Å². The van der Waals surface area contributed by atoms with E-state index in [-0.39, 0.29) is 11.7 Å². The molecule has 36 heavy (non-hydrogen) atoms. The number of aromatic nitrogens is 3. The largest absolute Gasteiger partial charge is 0.497 e. The highest BCUT2D eigenvalue weighted by Gasteiger charge is 2.18. The normalized spacial score (nSPS) is 10.7. The average Bonchev–Trinajstić information content (AvgIpc) is 3.32. The van der Waals surface area contributed by atoms with E-state index in [1.165, 1.54) is 11.8 Å². The minimum absolute atomic E-state index is 0.121. The number of carbonyl (C=O) groups excluding carboxylic acids is 1. The third-order valence-corrected chi connectivity index (χ3v) is 6.32. The third-order valence-electron chi connectivity index (χ3n) is 5.39. The van der Waals surface area contributed by atoms with Gasteiger partial charge in [-0.05, 0) is 79.7 Å². The standard InChI is InChI=1S/C27H29N5O3S/c1-5-35-24-16-12-22(13-17-24)32-26(19-6-14-23(34-4)15-7-19)29-30-27(32)36-18-25(33)28-20-8-10-21(11-9-20)31(2)3/h6-17H,5,18H2,1-4H3,(H,28,33). The van der Waals surface area contributed by atoms with Gasteiger partial charge in [0.15, 0.2) is 11.0 Å². The maximum atomic E-state index is 12.7. The number of nitrogens with one attached hydrogen (secondary N) is 1. The molecular weight excluding hydrogens is 474 g/mol. The van der Waals surface area contributed by atoms with Crippen molar-refractivity contribution in [2.45, 2.75) is 12.1 Å². The van der Waals surface area contributed by atoms with E-state index in [2.05, 4.69) is 15.5 Å². The first kappa shape index (κ1) is 25.1. The number of ether oxygens (including phenoxy) is 2. The van der Waals surface area contributed by atoms with Crippen LogP contribution in [-0.2, 0) is 4.79 Å². The van der Waals surface area contributed by atoms with E-state index in [0.29, 0.717) is 17.6 Å². The van der Waals surface area contributed by atoms with E-state index < -0.39 is 0 Å². The molecule has 0 fully saturated rings. The summed E-state index contributed by atoms with van der Waals surface area (Å²) in [6, 6.07) is 23.1. The zero-order valence-corrected chi connectivity index (χ0v) is 21.6. The fraction of sp³-hybridized carbons (Fsp3) is 0.222. The number of benzene rings is 3. The van der Waals surface area contributed by atoms with Crippen molar-refractivity contribution in [3.05, 3.63) is 72.8 Å². The van der Waals surface area contributed by atoms with Crippen LogP contribution in [0.4, 0.5) is 11.4 Å². The van der Waals surface area contributed by atoms with Crippen LogP contribution in [0.5, 0.6) is 11.5 Å². The molecule has 0 bridgehead atoms. The molecule has 0 spiro atoms. The molecule has 186 valence electrons. The first-order valence-corrected chi connectivity index (χ1v) is 12.5. The Morgan fingerprint density at radius 3 is 2.22 bits per heavy atom. The average molecular weight is 504 g/mol. The van der Waals surface area contributed by atoms with Gasteiger partial charge in [-0.15, -0.1) is 10.2 Å². The van der Waals surface area contributed by atoms with Crippen molar-refractivity contribution in [3.63, 3.8) is 0 Å². The molecule has 0 radical (unpaired) electrons. The van der Waals surface area contributed by atoms with Crippen molar-refractivity contribution in [2.24, 2.45) is 0 Å². The lowest BCUT2D eigenvalue weighted by Gasteiger charge is -2.13. The molecule has 4 rings (SSSR count). The molecular formula is C27H29N5O3S. The Balaban J connectivity index is 1.56. The quantitative estimate of drug-likeness (QED) is 0.300. The van der Waals surface area contributed by atoms with Crippen molar-refractivity contribution in [3.8, 4) is 28.6 Å². The molecule has 0 atom stereocenters. The fourth-order valence-electron chi connectivity index (χ4n) is 3.55. The number of hydrogen-bond donors (Lipinski definition) is 1. The van der Waals surface area contributed by atoms with Crippen LogP contribution in [0.2, 0.25) is 0 Å².